The zero-order valence-electron chi connectivity index (χ0n) is 16.2. The number of carboxylic acid groups (broad SMARTS) is 1. The molecule has 0 spiro atoms. The summed E-state index contributed by atoms with van der Waals surface area (Å²) in [5, 5.41) is 9.94. The normalized spacial score (nSPS) is 48.7. The maximum absolute atomic E-state index is 12.1. The van der Waals surface area contributed by atoms with E-state index < -0.39 is 11.4 Å². The van der Waals surface area contributed by atoms with Crippen LogP contribution in [0.1, 0.15) is 72.6 Å². The Kier molecular flexibility index (Phi) is 4.79. The number of hydrogen-bond donors (Lipinski definition) is 1. The standard InChI is InChI=1S/C21H36O3/c1-13(2)14-7-9-16-15(18(14)24-5)8-10-17-20(16,3)11-6-12-21(17,4)19(22)23/h13-18H,6-12H2,1-5H3,(H,22,23). The number of methoxy groups -OCH3 is 1. The maximum atomic E-state index is 12.1. The number of aliphatic carboxylic acids is 1. The smallest absolute Gasteiger partial charge is 0.309 e. The molecule has 0 aromatic heterocycles. The lowest BCUT2D eigenvalue weighted by atomic mass is 9.43. The van der Waals surface area contributed by atoms with Gasteiger partial charge in [-0.05, 0) is 80.5 Å². The van der Waals surface area contributed by atoms with Crippen molar-refractivity contribution in [1.82, 2.24) is 0 Å². The fourth-order valence-electron chi connectivity index (χ4n) is 7.16. The highest BCUT2D eigenvalue weighted by molar-refractivity contribution is 5.75. The van der Waals surface area contributed by atoms with Gasteiger partial charge in [0.05, 0.1) is 11.5 Å². The van der Waals surface area contributed by atoms with Gasteiger partial charge in [-0.1, -0.05) is 27.2 Å². The van der Waals surface area contributed by atoms with Gasteiger partial charge >= 0.3 is 5.97 Å². The highest BCUT2D eigenvalue weighted by Gasteiger charge is 2.61. The van der Waals surface area contributed by atoms with Crippen LogP contribution in [0, 0.1) is 40.4 Å². The number of fused-ring (bicyclic) bond motifs is 3. The molecule has 0 bridgehead atoms. The fourth-order valence-corrected chi connectivity index (χ4v) is 7.16. The van der Waals surface area contributed by atoms with E-state index in [2.05, 4.69) is 20.8 Å². The molecule has 0 radical (unpaired) electrons. The SMILES string of the molecule is COC1C(C(C)C)CCC2C1CCC1C(C)(C(=O)O)CCCC21C. The van der Waals surface area contributed by atoms with E-state index in [0.29, 0.717) is 35.7 Å². The van der Waals surface area contributed by atoms with E-state index in [9.17, 15) is 9.90 Å². The van der Waals surface area contributed by atoms with Crippen molar-refractivity contribution in [3.8, 4) is 0 Å². The van der Waals surface area contributed by atoms with Gasteiger partial charge in [0.1, 0.15) is 0 Å². The summed E-state index contributed by atoms with van der Waals surface area (Å²) < 4.78 is 6.04. The first kappa shape index (κ1) is 18.2. The average molecular weight is 337 g/mol. The van der Waals surface area contributed by atoms with Gasteiger partial charge in [-0.15, -0.1) is 0 Å². The van der Waals surface area contributed by atoms with Crippen LogP contribution in [-0.4, -0.2) is 24.3 Å². The van der Waals surface area contributed by atoms with E-state index >= 15 is 0 Å². The molecule has 138 valence electrons. The third-order valence-corrected chi connectivity index (χ3v) is 8.40. The van der Waals surface area contributed by atoms with Crippen LogP contribution in [0.3, 0.4) is 0 Å². The Bertz CT molecular complexity index is 487. The quantitative estimate of drug-likeness (QED) is 0.789. The number of rotatable bonds is 3. The maximum Gasteiger partial charge on any atom is 0.309 e. The van der Waals surface area contributed by atoms with Crippen LogP contribution in [0.15, 0.2) is 0 Å². The minimum Gasteiger partial charge on any atom is -0.481 e. The molecule has 0 saturated heterocycles. The summed E-state index contributed by atoms with van der Waals surface area (Å²) in [6.07, 6.45) is 8.18. The third kappa shape index (κ3) is 2.53. The molecular formula is C21H36O3. The van der Waals surface area contributed by atoms with Crippen molar-refractivity contribution in [3.63, 3.8) is 0 Å². The Balaban J connectivity index is 1.92. The van der Waals surface area contributed by atoms with Crippen LogP contribution in [0.5, 0.6) is 0 Å². The Labute approximate surface area is 147 Å². The molecular weight excluding hydrogens is 300 g/mol. The molecule has 3 aliphatic carbocycles. The Morgan fingerprint density at radius 3 is 2.42 bits per heavy atom. The van der Waals surface area contributed by atoms with E-state index in [1.54, 1.807) is 0 Å². The Hall–Kier alpha value is -0.570. The molecule has 3 aliphatic rings. The molecule has 3 fully saturated rings. The number of ether oxygens (including phenoxy) is 1. The van der Waals surface area contributed by atoms with Crippen LogP contribution in [0.2, 0.25) is 0 Å². The molecule has 0 aromatic rings. The Morgan fingerprint density at radius 2 is 1.83 bits per heavy atom. The van der Waals surface area contributed by atoms with E-state index in [0.717, 1.165) is 25.7 Å². The summed E-state index contributed by atoms with van der Waals surface area (Å²) >= 11 is 0. The van der Waals surface area contributed by atoms with Gasteiger partial charge in [0.2, 0.25) is 0 Å². The lowest BCUT2D eigenvalue weighted by molar-refractivity contribution is -0.185. The van der Waals surface area contributed by atoms with Gasteiger partial charge in [-0.25, -0.2) is 0 Å². The highest BCUT2D eigenvalue weighted by atomic mass is 16.5. The molecule has 7 unspecified atom stereocenters. The molecule has 7 atom stereocenters. The zero-order chi connectivity index (χ0) is 17.7. The van der Waals surface area contributed by atoms with Gasteiger partial charge in [0, 0.05) is 7.11 Å². The van der Waals surface area contributed by atoms with E-state index in [4.69, 9.17) is 4.74 Å². The van der Waals surface area contributed by atoms with Crippen LogP contribution in [0.25, 0.3) is 0 Å². The lowest BCUT2D eigenvalue weighted by Crippen LogP contribution is -2.58. The van der Waals surface area contributed by atoms with Crippen LogP contribution >= 0.6 is 0 Å². The average Bonchev–Trinajstić information content (AvgIpc) is 2.53. The largest absolute Gasteiger partial charge is 0.481 e. The second-order valence-electron chi connectivity index (χ2n) is 9.67. The van der Waals surface area contributed by atoms with Crippen LogP contribution in [-0.2, 0) is 9.53 Å². The Morgan fingerprint density at radius 1 is 1.12 bits per heavy atom. The first-order chi connectivity index (χ1) is 11.3. The molecule has 0 heterocycles. The van der Waals surface area contributed by atoms with Crippen molar-refractivity contribution in [1.29, 1.82) is 0 Å². The predicted octanol–water partition coefficient (Wildman–Crippen LogP) is 4.99. The van der Waals surface area contributed by atoms with Gasteiger partial charge in [-0.3, -0.25) is 4.79 Å². The minimum atomic E-state index is -0.573. The van der Waals surface area contributed by atoms with E-state index in [1.807, 2.05) is 14.0 Å². The van der Waals surface area contributed by atoms with Crippen molar-refractivity contribution >= 4 is 5.97 Å². The molecule has 3 rings (SSSR count). The number of carboxylic acids is 1. The highest BCUT2D eigenvalue weighted by Crippen LogP contribution is 2.64. The second kappa shape index (κ2) is 6.30. The van der Waals surface area contributed by atoms with E-state index in [-0.39, 0.29) is 5.41 Å². The summed E-state index contributed by atoms with van der Waals surface area (Å²) in [6, 6.07) is 0. The molecule has 24 heavy (non-hydrogen) atoms. The molecule has 0 amide bonds. The topological polar surface area (TPSA) is 46.5 Å². The molecule has 0 aromatic carbocycles. The third-order valence-electron chi connectivity index (χ3n) is 8.40. The first-order valence-corrected chi connectivity index (χ1v) is 10.0. The molecule has 3 saturated carbocycles. The van der Waals surface area contributed by atoms with Crippen molar-refractivity contribution in [2.24, 2.45) is 40.4 Å². The summed E-state index contributed by atoms with van der Waals surface area (Å²) in [5.41, 5.74) is -0.359. The minimum absolute atomic E-state index is 0.174. The van der Waals surface area contributed by atoms with Gasteiger partial charge in [0.15, 0.2) is 0 Å². The van der Waals surface area contributed by atoms with Crippen molar-refractivity contribution in [2.75, 3.05) is 7.11 Å². The van der Waals surface area contributed by atoms with Gasteiger partial charge in [0.25, 0.3) is 0 Å². The number of hydrogen-bond acceptors (Lipinski definition) is 2. The molecule has 1 N–H and O–H groups in total. The van der Waals surface area contributed by atoms with E-state index in [1.165, 1.54) is 19.3 Å². The van der Waals surface area contributed by atoms with Gasteiger partial charge < -0.3 is 9.84 Å². The monoisotopic (exact) mass is 336 g/mol. The first-order valence-electron chi connectivity index (χ1n) is 10.0. The summed E-state index contributed by atoms with van der Waals surface area (Å²) in [4.78, 5) is 12.1. The van der Waals surface area contributed by atoms with Crippen molar-refractivity contribution in [2.45, 2.75) is 78.7 Å². The zero-order valence-corrected chi connectivity index (χ0v) is 16.2. The lowest BCUT2D eigenvalue weighted by Gasteiger charge is -2.62. The predicted molar refractivity (Wildman–Crippen MR) is 95.8 cm³/mol. The molecule has 0 aliphatic heterocycles. The summed E-state index contributed by atoms with van der Waals surface area (Å²) in [6.45, 7) is 9.08. The van der Waals surface area contributed by atoms with Crippen molar-refractivity contribution < 1.29 is 14.6 Å². The van der Waals surface area contributed by atoms with Crippen LogP contribution in [0.4, 0.5) is 0 Å². The molecule has 3 heteroatoms. The molecule has 3 nitrogen and oxygen atoms in total. The fraction of sp³-hybridized carbons (Fsp3) is 0.952. The summed E-state index contributed by atoms with van der Waals surface area (Å²) in [7, 11) is 1.89. The number of carbonyl (C=O) groups is 1. The van der Waals surface area contributed by atoms with Crippen molar-refractivity contribution in [3.05, 3.63) is 0 Å². The van der Waals surface area contributed by atoms with Crippen LogP contribution < -0.4 is 0 Å². The van der Waals surface area contributed by atoms with Gasteiger partial charge in [-0.2, -0.15) is 0 Å². The second-order valence-corrected chi connectivity index (χ2v) is 9.67. The summed E-state index contributed by atoms with van der Waals surface area (Å²) in [5.74, 6) is 2.33.